The average molecular weight is 212 g/mol. The molecule has 0 fully saturated rings. The fourth-order valence-electron chi connectivity index (χ4n) is 3.08. The van der Waals surface area contributed by atoms with Gasteiger partial charge >= 0.3 is 0 Å². The average Bonchev–Trinajstić information content (AvgIpc) is 2.55. The largest absolute Gasteiger partial charge is 0.287 e. The zero-order valence-corrected chi connectivity index (χ0v) is 10.2. The summed E-state index contributed by atoms with van der Waals surface area (Å²) in [5.41, 5.74) is 3.00. The van der Waals surface area contributed by atoms with E-state index in [4.69, 9.17) is 0 Å². The Hall–Kier alpha value is -1.34. The summed E-state index contributed by atoms with van der Waals surface area (Å²) in [5, 5.41) is 2.87. The van der Waals surface area contributed by atoms with Gasteiger partial charge in [-0.3, -0.25) is 4.48 Å². The normalized spacial score (nSPS) is 27.6. The molecular weight excluding hydrogens is 194 g/mol. The lowest BCUT2D eigenvalue weighted by Crippen LogP contribution is -2.44. The Morgan fingerprint density at radius 1 is 1.12 bits per heavy atom. The maximum Gasteiger partial charge on any atom is 0.141 e. The summed E-state index contributed by atoms with van der Waals surface area (Å²) in [6, 6.07) is 14.0. The van der Waals surface area contributed by atoms with Crippen LogP contribution in [0.1, 0.15) is 25.5 Å². The quantitative estimate of drug-likeness (QED) is 0.629. The molecule has 1 aliphatic rings. The van der Waals surface area contributed by atoms with Gasteiger partial charge in [0.05, 0.1) is 19.0 Å². The van der Waals surface area contributed by atoms with E-state index < -0.39 is 0 Å². The molecule has 0 spiro atoms. The molecule has 0 bridgehead atoms. The number of rotatable bonds is 1. The SMILES string of the molecule is CC[N+]1(C)c2cccc3cccc(c23)C1C. The van der Waals surface area contributed by atoms with E-state index in [0.29, 0.717) is 6.04 Å². The molecule has 0 aliphatic carbocycles. The summed E-state index contributed by atoms with van der Waals surface area (Å²) in [6.07, 6.45) is 0. The summed E-state index contributed by atoms with van der Waals surface area (Å²) >= 11 is 0. The molecule has 0 saturated heterocycles. The van der Waals surface area contributed by atoms with E-state index in [1.807, 2.05) is 0 Å². The van der Waals surface area contributed by atoms with Crippen molar-refractivity contribution in [2.24, 2.45) is 0 Å². The molecule has 2 aromatic rings. The summed E-state index contributed by atoms with van der Waals surface area (Å²) in [7, 11) is 2.35. The van der Waals surface area contributed by atoms with Gasteiger partial charge in [0.15, 0.2) is 0 Å². The number of hydrogen-bond acceptors (Lipinski definition) is 0. The van der Waals surface area contributed by atoms with Crippen LogP contribution in [0.15, 0.2) is 36.4 Å². The fraction of sp³-hybridized carbons (Fsp3) is 0.333. The highest BCUT2D eigenvalue weighted by Gasteiger charge is 2.40. The Kier molecular flexibility index (Phi) is 1.90. The van der Waals surface area contributed by atoms with Crippen LogP contribution in [-0.2, 0) is 0 Å². The van der Waals surface area contributed by atoms with Gasteiger partial charge < -0.3 is 0 Å². The van der Waals surface area contributed by atoms with Crippen LogP contribution in [0.4, 0.5) is 5.69 Å². The molecule has 1 aliphatic heterocycles. The van der Waals surface area contributed by atoms with Crippen molar-refractivity contribution in [1.82, 2.24) is 4.48 Å². The van der Waals surface area contributed by atoms with E-state index >= 15 is 0 Å². The van der Waals surface area contributed by atoms with Crippen molar-refractivity contribution in [3.05, 3.63) is 42.0 Å². The van der Waals surface area contributed by atoms with Crippen LogP contribution >= 0.6 is 0 Å². The topological polar surface area (TPSA) is 0 Å². The van der Waals surface area contributed by atoms with Gasteiger partial charge in [-0.15, -0.1) is 0 Å². The van der Waals surface area contributed by atoms with Gasteiger partial charge in [0, 0.05) is 5.56 Å². The third kappa shape index (κ3) is 0.992. The van der Waals surface area contributed by atoms with Crippen LogP contribution in [-0.4, -0.2) is 13.6 Å². The highest BCUT2D eigenvalue weighted by molar-refractivity contribution is 5.99. The molecule has 1 nitrogen and oxygen atoms in total. The predicted octanol–water partition coefficient (Wildman–Crippen LogP) is 3.87. The minimum atomic E-state index is 0.575. The van der Waals surface area contributed by atoms with Crippen molar-refractivity contribution in [2.45, 2.75) is 19.9 Å². The van der Waals surface area contributed by atoms with Crippen LogP contribution < -0.4 is 4.48 Å². The van der Waals surface area contributed by atoms with Gasteiger partial charge in [-0.1, -0.05) is 30.3 Å². The monoisotopic (exact) mass is 212 g/mol. The van der Waals surface area contributed by atoms with E-state index in [-0.39, 0.29) is 0 Å². The van der Waals surface area contributed by atoms with Gasteiger partial charge in [-0.2, -0.15) is 0 Å². The molecular formula is C15H18N+. The second-order valence-corrected chi connectivity index (χ2v) is 4.98. The van der Waals surface area contributed by atoms with Crippen LogP contribution in [0.3, 0.4) is 0 Å². The second-order valence-electron chi connectivity index (χ2n) is 4.98. The minimum absolute atomic E-state index is 0.575. The summed E-state index contributed by atoms with van der Waals surface area (Å²) < 4.78 is 1.04. The Balaban J connectivity index is 2.44. The fourth-order valence-corrected chi connectivity index (χ4v) is 3.08. The van der Waals surface area contributed by atoms with Gasteiger partial charge in [-0.05, 0) is 25.3 Å². The lowest BCUT2D eigenvalue weighted by molar-refractivity contribution is 0.288. The predicted molar refractivity (Wildman–Crippen MR) is 70.6 cm³/mol. The Morgan fingerprint density at radius 3 is 2.50 bits per heavy atom. The van der Waals surface area contributed by atoms with E-state index in [2.05, 4.69) is 57.3 Å². The van der Waals surface area contributed by atoms with E-state index in [1.165, 1.54) is 22.0 Å². The van der Waals surface area contributed by atoms with Gasteiger partial charge in [-0.25, -0.2) is 0 Å². The highest BCUT2D eigenvalue weighted by atomic mass is 15.4. The van der Waals surface area contributed by atoms with Crippen molar-refractivity contribution < 1.29 is 0 Å². The van der Waals surface area contributed by atoms with E-state index in [9.17, 15) is 0 Å². The maximum atomic E-state index is 2.35. The molecule has 2 aromatic carbocycles. The third-order valence-corrected chi connectivity index (χ3v) is 4.43. The minimum Gasteiger partial charge on any atom is -0.287 e. The molecule has 82 valence electrons. The summed E-state index contributed by atoms with van der Waals surface area (Å²) in [5.74, 6) is 0. The number of hydrogen-bond donors (Lipinski definition) is 0. The molecule has 0 saturated carbocycles. The van der Waals surface area contributed by atoms with Gasteiger partial charge in [0.1, 0.15) is 11.7 Å². The lowest BCUT2D eigenvalue weighted by Gasteiger charge is -2.34. The van der Waals surface area contributed by atoms with Gasteiger partial charge in [0.25, 0.3) is 0 Å². The zero-order chi connectivity index (χ0) is 11.3. The van der Waals surface area contributed by atoms with Crippen LogP contribution in [0.5, 0.6) is 0 Å². The maximum absolute atomic E-state index is 2.35. The van der Waals surface area contributed by atoms with Crippen molar-refractivity contribution in [3.63, 3.8) is 0 Å². The Morgan fingerprint density at radius 2 is 1.81 bits per heavy atom. The molecule has 1 heteroatoms. The first-order chi connectivity index (χ1) is 7.68. The molecule has 16 heavy (non-hydrogen) atoms. The first kappa shape index (κ1) is 9.86. The summed E-state index contributed by atoms with van der Waals surface area (Å²) in [6.45, 7) is 5.77. The highest BCUT2D eigenvalue weighted by Crippen LogP contribution is 2.47. The van der Waals surface area contributed by atoms with Crippen molar-refractivity contribution >= 4 is 16.5 Å². The van der Waals surface area contributed by atoms with Gasteiger partial charge in [0.2, 0.25) is 0 Å². The molecule has 0 radical (unpaired) electrons. The molecule has 0 amide bonds. The smallest absolute Gasteiger partial charge is 0.141 e. The number of quaternary nitrogens is 1. The second kappa shape index (κ2) is 3.08. The lowest BCUT2D eigenvalue weighted by atomic mass is 10.0. The molecule has 0 N–H and O–H groups in total. The Labute approximate surface area is 96.9 Å². The van der Waals surface area contributed by atoms with Crippen LogP contribution in [0.25, 0.3) is 10.8 Å². The number of nitrogens with zero attached hydrogens (tertiary/aromatic N) is 1. The zero-order valence-electron chi connectivity index (χ0n) is 10.2. The molecule has 2 atom stereocenters. The van der Waals surface area contributed by atoms with E-state index in [1.54, 1.807) is 0 Å². The molecule has 0 aromatic heterocycles. The van der Waals surface area contributed by atoms with Crippen molar-refractivity contribution in [2.75, 3.05) is 13.6 Å². The standard InChI is InChI=1S/C15H18N/c1-4-16(3)11(2)13-9-5-7-12-8-6-10-14(16)15(12)13/h5-11H,4H2,1-3H3/q+1. The molecule has 2 unspecified atom stereocenters. The van der Waals surface area contributed by atoms with Crippen LogP contribution in [0, 0.1) is 0 Å². The van der Waals surface area contributed by atoms with Crippen molar-refractivity contribution in [1.29, 1.82) is 0 Å². The molecule has 3 rings (SSSR count). The van der Waals surface area contributed by atoms with Crippen molar-refractivity contribution in [3.8, 4) is 0 Å². The number of benzene rings is 2. The van der Waals surface area contributed by atoms with E-state index in [0.717, 1.165) is 11.0 Å². The Bertz CT molecular complexity index is 553. The third-order valence-electron chi connectivity index (χ3n) is 4.43. The van der Waals surface area contributed by atoms with Crippen LogP contribution in [0.2, 0.25) is 0 Å². The first-order valence-electron chi connectivity index (χ1n) is 6.06. The molecule has 1 heterocycles. The first-order valence-corrected chi connectivity index (χ1v) is 6.06. The summed E-state index contributed by atoms with van der Waals surface area (Å²) in [4.78, 5) is 0.